The number of carboxylic acid groups (broad SMARTS) is 3. The van der Waals surface area contributed by atoms with Gasteiger partial charge in [0.15, 0.2) is 73.1 Å². The summed E-state index contributed by atoms with van der Waals surface area (Å²) in [4.78, 5) is 129. The first-order chi connectivity index (χ1) is 60.0. The number of nitrogens with zero attached hydrogens (tertiary/aromatic N) is 14. The molecule has 6 aliphatic rings. The number of aliphatic carboxylic acids is 2. The molecule has 125 heavy (non-hydrogen) atoms. The first-order valence-electron chi connectivity index (χ1n) is 39.4. The van der Waals surface area contributed by atoms with Gasteiger partial charge in [-0.05, 0) is 110 Å². The van der Waals surface area contributed by atoms with Crippen molar-refractivity contribution < 1.29 is 89.1 Å². The van der Waals surface area contributed by atoms with Gasteiger partial charge in [0.1, 0.15) is 23.9 Å². The second kappa shape index (κ2) is 40.0. The fourth-order valence-electron chi connectivity index (χ4n) is 14.9. The van der Waals surface area contributed by atoms with Gasteiger partial charge in [0.25, 0.3) is 6.01 Å². The second-order valence-electron chi connectivity index (χ2n) is 29.4. The van der Waals surface area contributed by atoms with Crippen molar-refractivity contribution in [2.75, 3.05) is 73.8 Å². The monoisotopic (exact) mass is 1840 g/mol. The molecule has 3 fully saturated rings. The maximum atomic E-state index is 14.6. The van der Waals surface area contributed by atoms with Crippen LogP contribution in [-0.2, 0) is 50.0 Å². The number of thiazole rings is 3. The van der Waals surface area contributed by atoms with Crippen LogP contribution in [0.5, 0.6) is 0 Å². The van der Waals surface area contributed by atoms with Gasteiger partial charge >= 0.3 is 35.8 Å². The van der Waals surface area contributed by atoms with Gasteiger partial charge in [0.2, 0.25) is 11.9 Å². The van der Waals surface area contributed by atoms with Crippen LogP contribution in [0.3, 0.4) is 0 Å². The molecule has 3 aromatic carbocycles. The molecule has 0 spiro atoms. The summed E-state index contributed by atoms with van der Waals surface area (Å²) in [6, 6.07) is 3.84. The van der Waals surface area contributed by atoms with E-state index < -0.39 is 109 Å². The topological polar surface area (TPSA) is 390 Å². The predicted octanol–water partition coefficient (Wildman–Crippen LogP) is 14.7. The summed E-state index contributed by atoms with van der Waals surface area (Å²) >= 11 is 22.8. The number of aromatic carboxylic acids is 1. The number of carbonyl (C=O) groups is 6. The Morgan fingerprint density at radius 2 is 0.840 bits per heavy atom. The molecule has 9 aromatic rings. The number of esters is 3. The van der Waals surface area contributed by atoms with Gasteiger partial charge in [-0.25, -0.2) is 80.4 Å². The minimum Gasteiger partial charge on any atom is -0.481 e. The first-order valence-corrected chi connectivity index (χ1v) is 43.2. The molecule has 3 saturated heterocycles. The van der Waals surface area contributed by atoms with Crippen LogP contribution in [0.25, 0.3) is 0 Å². The van der Waals surface area contributed by atoms with E-state index in [1.54, 1.807) is 81.7 Å². The number of carboxylic acids is 3. The number of aryl methyl sites for hydroxylation is 2. The average Bonchev–Trinajstić information content (AvgIpc) is 1.38. The third kappa shape index (κ3) is 20.1. The fraction of sp³-hybridized carbons (Fsp3) is 0.361. The van der Waals surface area contributed by atoms with Crippen molar-refractivity contribution in [3.8, 4) is 0 Å². The van der Waals surface area contributed by atoms with Crippen molar-refractivity contribution in [1.82, 2.24) is 55.8 Å². The molecule has 6 aliphatic heterocycles. The summed E-state index contributed by atoms with van der Waals surface area (Å²) in [6.45, 7) is 13.2. The summed E-state index contributed by atoms with van der Waals surface area (Å²) in [5.41, 5.74) is 2.50. The number of halogens is 9. The molecule has 0 bridgehead atoms. The SMILES string of the molecule is CCOC(=O)C1=C(C2CCN(c3nc(C(=O)O)c(C)o3)CC2)NC(c2nccs2)=NC1c1ccc(F)c(F)c1Cl.CCOC(=O)C1=C(C2CCN(c3ncc(C(C)(C)C(=O)O)cn3)CC2)NC(c2nccs2)=NC1c1ccc(F)c(F)c1Cl.CCOC(=O)C1=C(C2CCN(c3ncc(CCC(=O)O)cn3)CC2)NC(c2nccs2)=NC1c1ccc(F)c(F)c1Cl. The molecule has 6 aromatic heterocycles. The molecule has 0 saturated carbocycles. The van der Waals surface area contributed by atoms with Gasteiger partial charge in [-0.2, -0.15) is 4.98 Å². The number of hydrogen-bond acceptors (Lipinski definition) is 30. The quantitative estimate of drug-likeness (QED) is 0.0142. The van der Waals surface area contributed by atoms with E-state index >= 15 is 0 Å². The van der Waals surface area contributed by atoms with E-state index in [1.165, 1.54) is 71.5 Å². The normalized spacial score (nSPS) is 17.8. The second-order valence-corrected chi connectivity index (χ2v) is 33.3. The van der Waals surface area contributed by atoms with Crippen LogP contribution in [0.4, 0.5) is 44.3 Å². The van der Waals surface area contributed by atoms with E-state index in [9.17, 15) is 65.3 Å². The fourth-order valence-corrected chi connectivity index (χ4v) is 17.4. The van der Waals surface area contributed by atoms with Crippen LogP contribution in [0.15, 0.2) is 149 Å². The number of aromatic nitrogens is 8. The van der Waals surface area contributed by atoms with Crippen molar-refractivity contribution in [3.63, 3.8) is 0 Å². The van der Waals surface area contributed by atoms with Gasteiger partial charge < -0.3 is 64.6 Å². The molecule has 0 amide bonds. The van der Waals surface area contributed by atoms with Gasteiger partial charge in [0.05, 0.1) is 57.0 Å². The average molecular weight is 1840 g/mol. The van der Waals surface area contributed by atoms with Crippen LogP contribution < -0.4 is 30.7 Å². The Hall–Kier alpha value is -11.8. The van der Waals surface area contributed by atoms with Crippen molar-refractivity contribution in [2.45, 2.75) is 116 Å². The lowest BCUT2D eigenvalue weighted by molar-refractivity contribution is -0.143. The predicted molar refractivity (Wildman–Crippen MR) is 452 cm³/mol. The number of amidine groups is 3. The number of benzene rings is 3. The molecular formula is C83H80Cl3F6N17O13S3. The molecule has 3 atom stereocenters. The van der Waals surface area contributed by atoms with Crippen molar-refractivity contribution >= 4 is 140 Å². The van der Waals surface area contributed by atoms with Crippen molar-refractivity contribution in [3.05, 3.63) is 234 Å². The molecule has 656 valence electrons. The summed E-state index contributed by atoms with van der Waals surface area (Å²) < 4.78 is 108. The zero-order chi connectivity index (χ0) is 89.2. The summed E-state index contributed by atoms with van der Waals surface area (Å²) in [6.07, 6.45) is 15.0. The number of piperidine rings is 3. The summed E-state index contributed by atoms with van der Waals surface area (Å²) in [7, 11) is 0. The van der Waals surface area contributed by atoms with Crippen LogP contribution in [-0.4, -0.2) is 168 Å². The van der Waals surface area contributed by atoms with Crippen LogP contribution >= 0.6 is 68.8 Å². The number of aliphatic imine (C=N–C) groups is 3. The molecule has 0 aliphatic carbocycles. The molecule has 0 radical (unpaired) electrons. The third-order valence-electron chi connectivity index (χ3n) is 21.4. The molecule has 12 heterocycles. The molecule has 15 rings (SSSR count). The zero-order valence-electron chi connectivity index (χ0n) is 67.5. The highest BCUT2D eigenvalue weighted by molar-refractivity contribution is 7.12. The Morgan fingerprint density at radius 3 is 1.14 bits per heavy atom. The molecular weight excluding hydrogens is 1760 g/mol. The first kappa shape index (κ1) is 90.9. The lowest BCUT2D eigenvalue weighted by Gasteiger charge is -2.36. The number of allylic oxidation sites excluding steroid dienone is 3. The van der Waals surface area contributed by atoms with E-state index in [0.717, 1.165) is 23.8 Å². The van der Waals surface area contributed by atoms with Crippen molar-refractivity contribution in [2.24, 2.45) is 32.7 Å². The van der Waals surface area contributed by atoms with E-state index in [2.05, 4.69) is 60.8 Å². The van der Waals surface area contributed by atoms with Gasteiger partial charge in [-0.3, -0.25) is 24.6 Å². The standard InChI is InChI=1S/C29H29ClF2N6O4S.C28H27ClF2N6O4S.C26H24ClF2N5O5S/c1-4-42-26(39)19-22(15-7-10-38(11-8-15)28-34-13-16(14-35-28)29(2,3)27(40)41)36-24(25-33-9-12-43-25)37-23(19)17-5-6-18(31)21(32)20(17)30;1-2-41-27(40)20-23(16-7-10-37(11-8-16)28-33-13-15(14-34-28)3-6-19(38)39)35-25(26-32-9-12-42-26)36-24(20)17-4-5-18(30)22(31)21(17)29;1-3-38-25(37)16-20(13-6-9-34(10-7-13)26-33-19(24(35)36)12(2)39-26)31-22(23-30-8-11-40-23)32-21(16)14-4-5-15(28)18(29)17(14)27/h5-6,9,12-15,23H,4,7-8,10-11H2,1-3H3,(H,36,37)(H,40,41);4-5,9,12-14,16,24H,2-3,6-8,10-11H2,1H3,(H,35,36)(H,38,39);4-5,8,11,13,21H,3,6-7,9-10H2,1-2H3,(H,31,32)(H,35,36). The van der Waals surface area contributed by atoms with E-state index in [4.69, 9.17) is 68.5 Å². The minimum absolute atomic E-state index is 0.00205. The Balaban J connectivity index is 0.000000161. The number of nitrogens with one attached hydrogen (secondary N) is 3. The molecule has 30 nitrogen and oxygen atoms in total. The highest BCUT2D eigenvalue weighted by Crippen LogP contribution is 2.46. The Morgan fingerprint density at radius 1 is 0.504 bits per heavy atom. The lowest BCUT2D eigenvalue weighted by Crippen LogP contribution is -2.42. The highest BCUT2D eigenvalue weighted by Gasteiger charge is 2.44. The highest BCUT2D eigenvalue weighted by atomic mass is 35.5. The Bertz CT molecular complexity index is 5730. The Labute approximate surface area is 737 Å². The minimum atomic E-state index is -1.23. The van der Waals surface area contributed by atoms with Crippen LogP contribution in [0.2, 0.25) is 15.1 Å². The number of rotatable bonds is 24. The van der Waals surface area contributed by atoms with Gasteiger partial charge in [-0.1, -0.05) is 53.0 Å². The van der Waals surface area contributed by atoms with E-state index in [0.29, 0.717) is 151 Å². The van der Waals surface area contributed by atoms with Crippen LogP contribution in [0.1, 0.15) is 157 Å². The number of anilines is 3. The zero-order valence-corrected chi connectivity index (χ0v) is 72.3. The number of ether oxygens (including phenoxy) is 3. The number of carbonyl (C=O) groups excluding carboxylic acids is 3. The third-order valence-corrected chi connectivity index (χ3v) is 24.9. The van der Waals surface area contributed by atoms with Crippen molar-refractivity contribution in [1.29, 1.82) is 0 Å². The Kier molecular flexibility index (Phi) is 29.1. The summed E-state index contributed by atoms with van der Waals surface area (Å²) in [5.74, 6) is -10.1. The molecule has 3 unspecified atom stereocenters. The summed E-state index contributed by atoms with van der Waals surface area (Å²) in [5, 5.41) is 43.2. The molecule has 42 heteroatoms. The number of hydrogen-bond donors (Lipinski definition) is 6. The van der Waals surface area contributed by atoms with Gasteiger partial charge in [0, 0.05) is 162 Å². The molecule has 6 N–H and O–H groups in total. The number of oxazole rings is 1. The smallest absolute Gasteiger partial charge is 0.358 e. The van der Waals surface area contributed by atoms with E-state index in [1.807, 2.05) is 14.7 Å². The maximum absolute atomic E-state index is 14.6. The van der Waals surface area contributed by atoms with E-state index in [-0.39, 0.29) is 94.9 Å². The largest absolute Gasteiger partial charge is 0.481 e. The van der Waals surface area contributed by atoms with Gasteiger partial charge in [-0.15, -0.1) is 34.0 Å². The van der Waals surface area contributed by atoms with Crippen LogP contribution in [0, 0.1) is 59.6 Å². The lowest BCUT2D eigenvalue weighted by atomic mass is 9.85. The maximum Gasteiger partial charge on any atom is 0.358 e.